The van der Waals surface area contributed by atoms with Gasteiger partial charge in [0.05, 0.1) is 12.6 Å². The molecule has 2 aliphatic rings. The van der Waals surface area contributed by atoms with Gasteiger partial charge in [0, 0.05) is 11.9 Å². The number of carbonyl (C=O) groups excluding carboxylic acids is 4. The fraction of sp³-hybridized carbons (Fsp3) is 0.526. The zero-order valence-corrected chi connectivity index (χ0v) is 19.8. The lowest BCUT2D eigenvalue weighted by Gasteiger charge is -2.38. The summed E-state index contributed by atoms with van der Waals surface area (Å²) in [5.74, 6) is -2.68. The zero-order chi connectivity index (χ0) is 25.8. The van der Waals surface area contributed by atoms with Crippen molar-refractivity contribution in [3.63, 3.8) is 0 Å². The van der Waals surface area contributed by atoms with Crippen LogP contribution >= 0.6 is 11.3 Å². The molecule has 0 bridgehead atoms. The number of rotatable bonds is 9. The fourth-order valence-electron chi connectivity index (χ4n) is 2.99. The molecule has 35 heavy (non-hydrogen) atoms. The quantitative estimate of drug-likeness (QED) is 0.194. The molecule has 16 heteroatoms. The van der Waals surface area contributed by atoms with Gasteiger partial charge >= 0.3 is 18.2 Å². The number of anilines is 1. The van der Waals surface area contributed by atoms with Gasteiger partial charge in [0.2, 0.25) is 12.5 Å². The van der Waals surface area contributed by atoms with E-state index in [1.807, 2.05) is 0 Å². The van der Waals surface area contributed by atoms with Crippen molar-refractivity contribution >= 4 is 52.2 Å². The van der Waals surface area contributed by atoms with Gasteiger partial charge in [0.25, 0.3) is 5.91 Å². The van der Waals surface area contributed by atoms with E-state index in [1.54, 1.807) is 20.8 Å². The molecule has 190 valence electrons. The van der Waals surface area contributed by atoms with Gasteiger partial charge in [-0.3, -0.25) is 14.9 Å². The maximum atomic E-state index is 12.9. The van der Waals surface area contributed by atoms with Gasteiger partial charge in [-0.1, -0.05) is 5.16 Å². The number of carboxylic acid groups (broad SMARTS) is 1. The molecule has 4 amide bonds. The number of thiazole rings is 1. The summed E-state index contributed by atoms with van der Waals surface area (Å²) in [6.45, 7) is 4.94. The summed E-state index contributed by atoms with van der Waals surface area (Å²) in [5.41, 5.74) is -1.20. The first-order valence-electron chi connectivity index (χ1n) is 10.3. The highest BCUT2D eigenvalue weighted by molar-refractivity contribution is 7.14. The number of carbonyl (C=O) groups is 5. The van der Waals surface area contributed by atoms with Crippen molar-refractivity contribution in [3.05, 3.63) is 11.1 Å². The van der Waals surface area contributed by atoms with Crippen LogP contribution in [-0.4, -0.2) is 94.7 Å². The van der Waals surface area contributed by atoms with Gasteiger partial charge in [-0.05, 0) is 20.8 Å². The molecule has 0 unspecified atom stereocenters. The Hall–Kier alpha value is -3.95. The van der Waals surface area contributed by atoms with Gasteiger partial charge in [0.1, 0.15) is 23.9 Å². The summed E-state index contributed by atoms with van der Waals surface area (Å²) in [5, 5.41) is 21.3. The minimum atomic E-state index is -1.32. The summed E-state index contributed by atoms with van der Waals surface area (Å²) < 4.78 is 10.00. The van der Waals surface area contributed by atoms with Gasteiger partial charge in [-0.15, -0.1) is 11.3 Å². The molecule has 15 nitrogen and oxygen atoms in total. The van der Waals surface area contributed by atoms with Crippen LogP contribution in [0.2, 0.25) is 0 Å². The molecule has 1 aromatic heterocycles. The van der Waals surface area contributed by atoms with Crippen LogP contribution in [0.4, 0.5) is 14.7 Å². The Balaban J connectivity index is 1.71. The van der Waals surface area contributed by atoms with Crippen molar-refractivity contribution in [3.8, 4) is 0 Å². The second kappa shape index (κ2) is 10.5. The third kappa shape index (κ3) is 7.02. The van der Waals surface area contributed by atoms with Crippen molar-refractivity contribution in [2.45, 2.75) is 38.5 Å². The van der Waals surface area contributed by atoms with Crippen LogP contribution in [0.1, 0.15) is 26.5 Å². The molecular weight excluding hydrogens is 488 g/mol. The lowest BCUT2D eigenvalue weighted by Crippen LogP contribution is -2.72. The Labute approximate surface area is 202 Å². The van der Waals surface area contributed by atoms with Crippen molar-refractivity contribution in [2.24, 2.45) is 5.16 Å². The third-order valence-corrected chi connectivity index (χ3v) is 5.23. The number of aromatic nitrogens is 1. The molecule has 3 heterocycles. The second-order valence-corrected chi connectivity index (χ2v) is 9.26. The minimum Gasteiger partial charge on any atom is -0.479 e. The fourth-order valence-corrected chi connectivity index (χ4v) is 3.67. The summed E-state index contributed by atoms with van der Waals surface area (Å²) >= 11 is 0.958. The highest BCUT2D eigenvalue weighted by Gasteiger charge is 2.43. The number of β-lactam (4-membered cyclic amide) rings is 1. The van der Waals surface area contributed by atoms with Crippen LogP contribution in [0.3, 0.4) is 0 Å². The van der Waals surface area contributed by atoms with Crippen LogP contribution in [0.25, 0.3) is 0 Å². The highest BCUT2D eigenvalue weighted by atomic mass is 32.1. The molecule has 4 N–H and O–H groups in total. The summed E-state index contributed by atoms with van der Waals surface area (Å²) in [7, 11) is 0. The normalized spacial score (nSPS) is 19.9. The summed E-state index contributed by atoms with van der Waals surface area (Å²) in [4.78, 5) is 69.6. The van der Waals surface area contributed by atoms with E-state index >= 15 is 0 Å². The Morgan fingerprint density at radius 3 is 2.71 bits per heavy atom. The lowest BCUT2D eigenvalue weighted by atomic mass is 9.98. The van der Waals surface area contributed by atoms with Crippen LogP contribution < -0.4 is 16.0 Å². The van der Waals surface area contributed by atoms with E-state index in [-0.39, 0.29) is 24.0 Å². The largest absolute Gasteiger partial charge is 0.479 e. The predicted molar refractivity (Wildman–Crippen MR) is 119 cm³/mol. The van der Waals surface area contributed by atoms with E-state index in [0.717, 1.165) is 11.3 Å². The van der Waals surface area contributed by atoms with Crippen LogP contribution in [0.5, 0.6) is 0 Å². The number of cyclic esters (lactones) is 1. The van der Waals surface area contributed by atoms with Gasteiger partial charge in [-0.2, -0.15) is 0 Å². The number of hydrogen-bond acceptors (Lipinski definition) is 11. The van der Waals surface area contributed by atoms with E-state index in [0.29, 0.717) is 6.54 Å². The molecule has 0 radical (unpaired) electrons. The average Bonchev–Trinajstić information content (AvgIpc) is 3.36. The number of nitrogens with one attached hydrogen (secondary N) is 3. The Morgan fingerprint density at radius 1 is 1.37 bits per heavy atom. The van der Waals surface area contributed by atoms with Crippen molar-refractivity contribution in [2.75, 3.05) is 31.6 Å². The van der Waals surface area contributed by atoms with E-state index in [2.05, 4.69) is 26.1 Å². The van der Waals surface area contributed by atoms with Gasteiger partial charge < -0.3 is 35.0 Å². The van der Waals surface area contributed by atoms with E-state index in [1.165, 1.54) is 10.3 Å². The Bertz CT molecular complexity index is 1050. The topological polar surface area (TPSA) is 198 Å². The van der Waals surface area contributed by atoms with E-state index in [4.69, 9.17) is 19.4 Å². The molecular formula is C19H24N6O9S. The zero-order valence-electron chi connectivity index (χ0n) is 19.0. The van der Waals surface area contributed by atoms with Gasteiger partial charge in [-0.25, -0.2) is 19.4 Å². The first kappa shape index (κ1) is 25.7. The molecule has 0 saturated carbocycles. The first-order chi connectivity index (χ1) is 16.4. The molecule has 0 aliphatic carbocycles. The van der Waals surface area contributed by atoms with Gasteiger partial charge in [0.15, 0.2) is 10.8 Å². The number of ether oxygens (including phenoxy) is 2. The molecule has 2 fully saturated rings. The summed E-state index contributed by atoms with van der Waals surface area (Å²) in [6, 6.07) is -1.56. The molecule has 1 aromatic rings. The lowest BCUT2D eigenvalue weighted by molar-refractivity contribution is -0.142. The standard InChI is InChI=1S/C19H24N6O9S/c1-19(2,3)34-17(30)23-16-21-10(8-35-16)13(24-33-7-11(26)27)15(29)22-12-9(20-14(12)28)6-25-4-5-32-18(25)31/h8-9,12H,4-7H2,1-3H3,(H,20,28)(H,22,29)(H,26,27)(H,21,23,30)/t9-,12-/m0/s1. The minimum absolute atomic E-state index is 0.0386. The molecule has 2 atom stereocenters. The summed E-state index contributed by atoms with van der Waals surface area (Å²) in [6.07, 6.45) is -1.29. The van der Waals surface area contributed by atoms with Crippen LogP contribution in [0.15, 0.2) is 10.5 Å². The maximum Gasteiger partial charge on any atom is 0.413 e. The molecule has 2 aliphatic heterocycles. The van der Waals surface area contributed by atoms with Crippen molar-refractivity contribution in [1.82, 2.24) is 20.5 Å². The first-order valence-corrected chi connectivity index (χ1v) is 11.2. The number of aliphatic carboxylic acids is 1. The number of hydrogen-bond donors (Lipinski definition) is 4. The van der Waals surface area contributed by atoms with Crippen molar-refractivity contribution < 1.29 is 43.4 Å². The number of nitrogens with zero attached hydrogens (tertiary/aromatic N) is 3. The predicted octanol–water partition coefficient (Wildman–Crippen LogP) is -0.269. The van der Waals surface area contributed by atoms with E-state index < -0.39 is 60.0 Å². The van der Waals surface area contributed by atoms with E-state index in [9.17, 15) is 24.0 Å². The molecule has 2 saturated heterocycles. The second-order valence-electron chi connectivity index (χ2n) is 8.40. The van der Waals surface area contributed by atoms with Crippen LogP contribution in [0, 0.1) is 0 Å². The Morgan fingerprint density at radius 2 is 2.11 bits per heavy atom. The Kier molecular flexibility index (Phi) is 7.73. The SMILES string of the molecule is CC(C)(C)OC(=O)Nc1nc(C(=NOCC(=O)O)C(=O)N[C@@H]2C(=O)N[C@H]2CN2CCOC2=O)cs1. The van der Waals surface area contributed by atoms with Crippen LogP contribution in [-0.2, 0) is 28.7 Å². The monoisotopic (exact) mass is 512 g/mol. The average molecular weight is 513 g/mol. The van der Waals surface area contributed by atoms with Crippen molar-refractivity contribution in [1.29, 1.82) is 0 Å². The smallest absolute Gasteiger partial charge is 0.413 e. The highest BCUT2D eigenvalue weighted by Crippen LogP contribution is 2.19. The maximum absolute atomic E-state index is 12.9. The molecule has 0 spiro atoms. The third-order valence-electron chi connectivity index (χ3n) is 4.47. The molecule has 3 rings (SSSR count). The number of carboxylic acids is 1. The number of amides is 4. The number of oxime groups is 1. The molecule has 0 aromatic carbocycles.